The molecule has 0 fully saturated rings. The van der Waals surface area contributed by atoms with Gasteiger partial charge in [0.1, 0.15) is 0 Å². The maximum atomic E-state index is 12.2. The summed E-state index contributed by atoms with van der Waals surface area (Å²) >= 11 is 0. The number of rotatable bonds is 7. The molecule has 0 bridgehead atoms. The lowest BCUT2D eigenvalue weighted by Crippen LogP contribution is -2.46. The van der Waals surface area contributed by atoms with Gasteiger partial charge in [-0.25, -0.2) is 8.42 Å². The number of amides is 1. The second-order valence-electron chi connectivity index (χ2n) is 5.04. The normalized spacial score (nSPS) is 12.9. The standard InChI is InChI=1S/C14H19N3O3S/c1-10(2)13(14(16)18)17-6-7-21(19,20)12-5-3-4-11(8-12)9-15/h3-5,8,10,13,17H,6-7H2,1-2H3,(H2,16,18). The molecule has 0 spiro atoms. The summed E-state index contributed by atoms with van der Waals surface area (Å²) in [5.41, 5.74) is 5.54. The molecule has 0 aliphatic carbocycles. The van der Waals surface area contributed by atoms with Gasteiger partial charge in [-0.2, -0.15) is 5.26 Å². The van der Waals surface area contributed by atoms with Gasteiger partial charge in [0, 0.05) is 6.54 Å². The number of carbonyl (C=O) groups is 1. The Bertz CT molecular complexity index is 648. The zero-order valence-electron chi connectivity index (χ0n) is 12.0. The fraction of sp³-hybridized carbons (Fsp3) is 0.429. The third kappa shape index (κ3) is 4.85. The van der Waals surface area contributed by atoms with Crippen molar-refractivity contribution in [3.63, 3.8) is 0 Å². The van der Waals surface area contributed by atoms with Crippen molar-refractivity contribution in [2.24, 2.45) is 11.7 Å². The number of nitrogens with zero attached hydrogens (tertiary/aromatic N) is 1. The van der Waals surface area contributed by atoms with Gasteiger partial charge in [0.15, 0.2) is 9.84 Å². The van der Waals surface area contributed by atoms with Gasteiger partial charge in [0.05, 0.1) is 28.3 Å². The van der Waals surface area contributed by atoms with Gasteiger partial charge in [-0.05, 0) is 24.1 Å². The third-order valence-corrected chi connectivity index (χ3v) is 4.74. The van der Waals surface area contributed by atoms with E-state index in [1.807, 2.05) is 19.9 Å². The number of nitrogens with two attached hydrogens (primary N) is 1. The molecule has 1 amide bonds. The van der Waals surface area contributed by atoms with Crippen LogP contribution < -0.4 is 11.1 Å². The van der Waals surface area contributed by atoms with E-state index in [2.05, 4.69) is 5.32 Å². The van der Waals surface area contributed by atoms with Crippen molar-refractivity contribution in [1.29, 1.82) is 5.26 Å². The van der Waals surface area contributed by atoms with Gasteiger partial charge in [0.2, 0.25) is 5.91 Å². The Morgan fingerprint density at radius 3 is 2.62 bits per heavy atom. The first-order chi connectivity index (χ1) is 9.77. The Morgan fingerprint density at radius 2 is 2.10 bits per heavy atom. The van der Waals surface area contributed by atoms with Crippen molar-refractivity contribution >= 4 is 15.7 Å². The molecule has 0 radical (unpaired) electrons. The van der Waals surface area contributed by atoms with E-state index in [-0.39, 0.29) is 23.1 Å². The van der Waals surface area contributed by atoms with Crippen LogP contribution in [0.5, 0.6) is 0 Å². The van der Waals surface area contributed by atoms with E-state index in [4.69, 9.17) is 11.0 Å². The minimum atomic E-state index is -3.51. The molecule has 1 aromatic carbocycles. The molecule has 0 aromatic heterocycles. The molecular weight excluding hydrogens is 290 g/mol. The van der Waals surface area contributed by atoms with Crippen molar-refractivity contribution in [2.45, 2.75) is 24.8 Å². The largest absolute Gasteiger partial charge is 0.368 e. The highest BCUT2D eigenvalue weighted by molar-refractivity contribution is 7.91. The molecule has 7 heteroatoms. The van der Waals surface area contributed by atoms with Crippen LogP contribution in [0.25, 0.3) is 0 Å². The van der Waals surface area contributed by atoms with Crippen molar-refractivity contribution in [2.75, 3.05) is 12.3 Å². The lowest BCUT2D eigenvalue weighted by Gasteiger charge is -2.18. The Kier molecular flexibility index (Phi) is 5.88. The smallest absolute Gasteiger partial charge is 0.234 e. The number of nitrogens with one attached hydrogen (secondary N) is 1. The van der Waals surface area contributed by atoms with Crippen LogP contribution in [0, 0.1) is 17.2 Å². The zero-order valence-corrected chi connectivity index (χ0v) is 12.9. The summed E-state index contributed by atoms with van der Waals surface area (Å²) < 4.78 is 24.3. The number of sulfone groups is 1. The summed E-state index contributed by atoms with van der Waals surface area (Å²) in [4.78, 5) is 11.3. The fourth-order valence-corrected chi connectivity index (χ4v) is 3.11. The third-order valence-electron chi connectivity index (χ3n) is 3.03. The minimum Gasteiger partial charge on any atom is -0.368 e. The predicted molar refractivity (Wildman–Crippen MR) is 79.0 cm³/mol. The average molecular weight is 309 g/mol. The molecule has 114 valence electrons. The summed E-state index contributed by atoms with van der Waals surface area (Å²) in [6.45, 7) is 3.77. The van der Waals surface area contributed by atoms with Crippen LogP contribution in [0.1, 0.15) is 19.4 Å². The van der Waals surface area contributed by atoms with Gasteiger partial charge in [-0.1, -0.05) is 19.9 Å². The molecule has 0 saturated heterocycles. The van der Waals surface area contributed by atoms with E-state index in [9.17, 15) is 13.2 Å². The first kappa shape index (κ1) is 17.1. The fourth-order valence-electron chi connectivity index (χ4n) is 1.89. The summed E-state index contributed by atoms with van der Waals surface area (Å²) in [6.07, 6.45) is 0. The Labute approximate surface area is 124 Å². The number of hydrogen-bond acceptors (Lipinski definition) is 5. The topological polar surface area (TPSA) is 113 Å². The first-order valence-corrected chi connectivity index (χ1v) is 8.19. The molecule has 1 atom stereocenters. The Hall–Kier alpha value is -1.91. The van der Waals surface area contributed by atoms with Crippen molar-refractivity contribution in [3.05, 3.63) is 29.8 Å². The SMILES string of the molecule is CC(C)C(NCCS(=O)(=O)c1cccc(C#N)c1)C(N)=O. The number of nitriles is 1. The molecule has 21 heavy (non-hydrogen) atoms. The average Bonchev–Trinajstić information content (AvgIpc) is 2.42. The van der Waals surface area contributed by atoms with Gasteiger partial charge >= 0.3 is 0 Å². The summed E-state index contributed by atoms with van der Waals surface area (Å²) in [6, 6.07) is 7.19. The van der Waals surface area contributed by atoms with Gasteiger partial charge in [-0.3, -0.25) is 4.79 Å². The zero-order chi connectivity index (χ0) is 16.0. The van der Waals surface area contributed by atoms with Crippen LogP contribution in [0.4, 0.5) is 0 Å². The van der Waals surface area contributed by atoms with E-state index >= 15 is 0 Å². The second kappa shape index (κ2) is 7.20. The van der Waals surface area contributed by atoms with Gasteiger partial charge in [-0.15, -0.1) is 0 Å². The molecule has 0 aliphatic heterocycles. The number of hydrogen-bond donors (Lipinski definition) is 2. The Balaban J connectivity index is 2.73. The van der Waals surface area contributed by atoms with Gasteiger partial charge in [0.25, 0.3) is 0 Å². The molecule has 1 rings (SSSR count). The van der Waals surface area contributed by atoms with E-state index in [0.29, 0.717) is 5.56 Å². The highest BCUT2D eigenvalue weighted by Gasteiger charge is 2.20. The van der Waals surface area contributed by atoms with Crippen LogP contribution >= 0.6 is 0 Å². The second-order valence-corrected chi connectivity index (χ2v) is 7.15. The lowest BCUT2D eigenvalue weighted by atomic mass is 10.0. The molecule has 6 nitrogen and oxygen atoms in total. The molecular formula is C14H19N3O3S. The number of benzene rings is 1. The predicted octanol–water partition coefficient (Wildman–Crippen LogP) is 0.431. The number of primary amides is 1. The van der Waals surface area contributed by atoms with Crippen molar-refractivity contribution in [1.82, 2.24) is 5.32 Å². The number of carbonyl (C=O) groups excluding carboxylic acids is 1. The molecule has 1 unspecified atom stereocenters. The van der Waals surface area contributed by atoms with E-state index in [1.165, 1.54) is 18.2 Å². The minimum absolute atomic E-state index is 0.0212. The van der Waals surface area contributed by atoms with Crippen LogP contribution in [0.15, 0.2) is 29.2 Å². The maximum Gasteiger partial charge on any atom is 0.234 e. The van der Waals surface area contributed by atoms with Crippen LogP contribution in [0.3, 0.4) is 0 Å². The van der Waals surface area contributed by atoms with Gasteiger partial charge < -0.3 is 11.1 Å². The maximum absolute atomic E-state index is 12.2. The van der Waals surface area contributed by atoms with Crippen molar-refractivity contribution < 1.29 is 13.2 Å². The first-order valence-electron chi connectivity index (χ1n) is 6.53. The molecule has 1 aromatic rings. The molecule has 0 aliphatic rings. The summed E-state index contributed by atoms with van der Waals surface area (Å²) in [7, 11) is -3.51. The quantitative estimate of drug-likeness (QED) is 0.758. The van der Waals surface area contributed by atoms with Crippen LogP contribution in [0.2, 0.25) is 0 Å². The molecule has 0 saturated carbocycles. The highest BCUT2D eigenvalue weighted by Crippen LogP contribution is 2.12. The van der Waals surface area contributed by atoms with E-state index in [1.54, 1.807) is 6.07 Å². The van der Waals surface area contributed by atoms with E-state index < -0.39 is 21.8 Å². The summed E-state index contributed by atoms with van der Waals surface area (Å²) in [5.74, 6) is -0.695. The summed E-state index contributed by atoms with van der Waals surface area (Å²) in [5, 5.41) is 11.6. The molecule has 3 N–H and O–H groups in total. The van der Waals surface area contributed by atoms with Crippen molar-refractivity contribution in [3.8, 4) is 6.07 Å². The van der Waals surface area contributed by atoms with Crippen LogP contribution in [-0.2, 0) is 14.6 Å². The Morgan fingerprint density at radius 1 is 1.43 bits per heavy atom. The highest BCUT2D eigenvalue weighted by atomic mass is 32.2. The lowest BCUT2D eigenvalue weighted by molar-refractivity contribution is -0.120. The monoisotopic (exact) mass is 309 g/mol. The molecule has 0 heterocycles. The van der Waals surface area contributed by atoms with Crippen LogP contribution in [-0.4, -0.2) is 32.7 Å². The van der Waals surface area contributed by atoms with E-state index in [0.717, 1.165) is 0 Å².